The lowest BCUT2D eigenvalue weighted by atomic mass is 9.84. The van der Waals surface area contributed by atoms with Crippen LogP contribution in [0.3, 0.4) is 0 Å². The second-order valence-corrected chi connectivity index (χ2v) is 27.7. The highest BCUT2D eigenvalue weighted by Gasteiger charge is 2.56. The van der Waals surface area contributed by atoms with Crippen molar-refractivity contribution in [3.05, 3.63) is 0 Å². The fourth-order valence-electron chi connectivity index (χ4n) is 11.6. The Labute approximate surface area is 521 Å². The summed E-state index contributed by atoms with van der Waals surface area (Å²) < 4.78 is 57.9. The van der Waals surface area contributed by atoms with Crippen molar-refractivity contribution in [2.75, 3.05) is 13.2 Å². The molecule has 0 radical (unpaired) electrons. The van der Waals surface area contributed by atoms with Gasteiger partial charge in [-0.2, -0.15) is 0 Å². The fraction of sp³-hybridized carbons (Fsp3) is 0.983. The number of aliphatic hydroxyl groups is 14. The zero-order chi connectivity index (χ0) is 65.2. The number of carbonyl (C=O) groups is 1. The first kappa shape index (κ1) is 81.3. The molecule has 1 heterocycles. The van der Waals surface area contributed by atoms with Crippen molar-refractivity contribution in [2.24, 2.45) is 0 Å². The molecule has 2 saturated carbocycles. The Hall–Kier alpha value is -0.950. The minimum absolute atomic E-state index is 0.104. The molecule has 0 aromatic rings. The molecule has 0 spiro atoms. The summed E-state index contributed by atoms with van der Waals surface area (Å²) in [7, 11) is -11.1. The SMILES string of the molecule is CCCCCCCCCCCCCCCCCCCCCC[C@H](O)C(=O)N[C@@H](COP(=O)(O)O[C@@H]1[C@H](O)[C@H](O)[C@@H](O)[C@H](O)[C@H]1O[C@@H]1O[C@H](COP(=O)(O)OC2[C@H](O)[C@H](O)C(O)[C@H](O)[C@H]2O)[C@@H](O)[C@H](O)[C@@H]1O)[C@H](O)CCCCCCCCCCCCCCC. The molecule has 1 amide bonds. The van der Waals surface area contributed by atoms with Gasteiger partial charge in [0.05, 0.1) is 25.4 Å². The van der Waals surface area contributed by atoms with Gasteiger partial charge in [0, 0.05) is 0 Å². The van der Waals surface area contributed by atoms with Crippen molar-refractivity contribution in [1.82, 2.24) is 5.32 Å². The van der Waals surface area contributed by atoms with Crippen LogP contribution in [-0.4, -0.2) is 223 Å². The summed E-state index contributed by atoms with van der Waals surface area (Å²) in [6, 6.07) is -1.42. The first-order valence-corrected chi connectivity index (χ1v) is 36.3. The monoisotopic (exact) mass is 1310 g/mol. The Bertz CT molecular complexity index is 1890. The van der Waals surface area contributed by atoms with Crippen LogP contribution in [0.1, 0.15) is 239 Å². The number of rotatable bonds is 50. The van der Waals surface area contributed by atoms with Crippen molar-refractivity contribution in [3.63, 3.8) is 0 Å². The Morgan fingerprint density at radius 3 is 1.14 bits per heavy atom. The highest BCUT2D eigenvalue weighted by atomic mass is 31.2. The van der Waals surface area contributed by atoms with Gasteiger partial charge in [0.1, 0.15) is 104 Å². The van der Waals surface area contributed by atoms with Gasteiger partial charge in [-0.15, -0.1) is 0 Å². The molecule has 0 aromatic heterocycles. The van der Waals surface area contributed by atoms with E-state index in [0.29, 0.717) is 12.8 Å². The van der Waals surface area contributed by atoms with Gasteiger partial charge >= 0.3 is 15.6 Å². The van der Waals surface area contributed by atoms with Crippen molar-refractivity contribution in [3.8, 4) is 0 Å². The van der Waals surface area contributed by atoms with Gasteiger partial charge in [-0.05, 0) is 12.8 Å². The molecule has 28 heteroatoms. The van der Waals surface area contributed by atoms with Crippen molar-refractivity contribution in [1.29, 1.82) is 0 Å². The second kappa shape index (κ2) is 44.7. The lowest BCUT2D eigenvalue weighted by Gasteiger charge is -2.47. The first-order chi connectivity index (χ1) is 41.9. The predicted octanol–water partition coefficient (Wildman–Crippen LogP) is 4.36. The smallest absolute Gasteiger partial charge is 0.391 e. The highest BCUT2D eigenvalue weighted by Crippen LogP contribution is 2.49. The zero-order valence-electron chi connectivity index (χ0n) is 52.4. The van der Waals surface area contributed by atoms with Crippen LogP contribution in [0.2, 0.25) is 0 Å². The number of phosphoric ester groups is 2. The summed E-state index contributed by atoms with van der Waals surface area (Å²) in [6.45, 7) is 2.26. The van der Waals surface area contributed by atoms with E-state index in [4.69, 9.17) is 27.6 Å². The van der Waals surface area contributed by atoms with E-state index >= 15 is 0 Å². The predicted molar refractivity (Wildman–Crippen MR) is 324 cm³/mol. The number of aliphatic hydroxyl groups excluding tert-OH is 14. The largest absolute Gasteiger partial charge is 0.472 e. The molecule has 0 bridgehead atoms. The summed E-state index contributed by atoms with van der Waals surface area (Å²) in [6.07, 6.45) is -3.04. The molecule has 1 saturated heterocycles. The Morgan fingerprint density at radius 1 is 0.409 bits per heavy atom. The second-order valence-electron chi connectivity index (χ2n) is 24.9. The number of nitrogens with one attached hydrogen (secondary N) is 1. The van der Waals surface area contributed by atoms with Crippen molar-refractivity contribution < 1.29 is 123 Å². The maximum absolute atomic E-state index is 13.8. The van der Waals surface area contributed by atoms with Gasteiger partial charge in [0.15, 0.2) is 6.29 Å². The van der Waals surface area contributed by atoms with Crippen LogP contribution in [0.5, 0.6) is 0 Å². The standard InChI is InChI=1S/C60H117NO25P2/c1-3-5-7-9-11-13-15-17-18-19-20-21-22-23-25-27-29-31-33-35-37-42(63)59(76)61-40(41(62)36-34-32-30-28-26-24-16-14-12-10-8-6-4-2)38-81-87(77,78)86-58-54(74)50(70)49(69)53(73)57(58)84-60-55(75)45(65)44(64)43(83-60)39-82-88(79,80)85-56-51(71)47(67)46(66)48(68)52(56)72/h40-58,60,62-75H,3-39H2,1-2H3,(H,61,76)(H,77,78)(H,79,80)/t40-,41+,42-,43+,44+,45-,46?,47-,48+,49+,50+,51+,52+,53-,54+,55-,56?,57+,58+,60-/m0/s1. The molecule has 1 aliphatic heterocycles. The van der Waals surface area contributed by atoms with Crippen LogP contribution in [0.15, 0.2) is 0 Å². The van der Waals surface area contributed by atoms with Gasteiger partial charge in [-0.1, -0.05) is 226 Å². The van der Waals surface area contributed by atoms with Gasteiger partial charge in [0.25, 0.3) is 0 Å². The summed E-state index contributed by atoms with van der Waals surface area (Å²) >= 11 is 0. The van der Waals surface area contributed by atoms with Crippen LogP contribution in [-0.2, 0) is 41.5 Å². The van der Waals surface area contributed by atoms with Gasteiger partial charge in [-0.3, -0.25) is 22.9 Å². The van der Waals surface area contributed by atoms with Crippen LogP contribution < -0.4 is 5.32 Å². The average Bonchev–Trinajstić information content (AvgIpc) is 2.21. The van der Waals surface area contributed by atoms with Crippen LogP contribution in [0, 0.1) is 0 Å². The molecular weight excluding hydrogens is 1200 g/mol. The molecule has 3 fully saturated rings. The molecule has 3 aliphatic rings. The van der Waals surface area contributed by atoms with E-state index in [1.54, 1.807) is 0 Å². The van der Waals surface area contributed by atoms with E-state index in [0.717, 1.165) is 64.2 Å². The summed E-state index contributed by atoms with van der Waals surface area (Å²) in [5.74, 6) is -0.875. The van der Waals surface area contributed by atoms with E-state index in [1.165, 1.54) is 135 Å². The van der Waals surface area contributed by atoms with Crippen LogP contribution in [0.4, 0.5) is 0 Å². The van der Waals surface area contributed by atoms with E-state index < -0.39 is 157 Å². The Balaban J connectivity index is 1.59. The third-order valence-corrected chi connectivity index (χ3v) is 19.4. The zero-order valence-corrected chi connectivity index (χ0v) is 54.2. The van der Waals surface area contributed by atoms with Gasteiger partial charge < -0.3 is 96.1 Å². The number of carbonyl (C=O) groups excluding carboxylic acids is 1. The topological polar surface area (TPSA) is 442 Å². The third-order valence-electron chi connectivity index (χ3n) is 17.4. The average molecular weight is 1310 g/mol. The molecule has 0 aromatic carbocycles. The maximum Gasteiger partial charge on any atom is 0.472 e. The Morgan fingerprint density at radius 2 is 0.727 bits per heavy atom. The lowest BCUT2D eigenvalue weighted by Crippen LogP contribution is -2.67. The van der Waals surface area contributed by atoms with E-state index in [-0.39, 0.29) is 12.8 Å². The Kier molecular flexibility index (Phi) is 41.3. The third kappa shape index (κ3) is 29.8. The number of amides is 1. The van der Waals surface area contributed by atoms with Crippen molar-refractivity contribution in [2.45, 2.75) is 361 Å². The number of hydrogen-bond donors (Lipinski definition) is 17. The molecule has 522 valence electrons. The number of phosphoric acid groups is 2. The quantitative estimate of drug-likeness (QED) is 0.0297. The number of unbranched alkanes of at least 4 members (excludes halogenated alkanes) is 31. The molecule has 2 aliphatic carbocycles. The van der Waals surface area contributed by atoms with Crippen molar-refractivity contribution >= 4 is 21.6 Å². The maximum atomic E-state index is 13.8. The minimum Gasteiger partial charge on any atom is -0.391 e. The molecule has 17 N–H and O–H groups in total. The minimum atomic E-state index is -5.58. The molecular formula is C60H117NO25P2. The normalized spacial score (nSPS) is 31.9. The molecule has 3 rings (SSSR count). The number of hydrogen-bond acceptors (Lipinski definition) is 23. The van der Waals surface area contributed by atoms with Crippen LogP contribution >= 0.6 is 15.6 Å². The van der Waals surface area contributed by atoms with Gasteiger partial charge in [-0.25, -0.2) is 9.13 Å². The molecule has 22 atom stereocenters. The van der Waals surface area contributed by atoms with Gasteiger partial charge in [0.2, 0.25) is 5.91 Å². The van der Waals surface area contributed by atoms with Crippen LogP contribution in [0.25, 0.3) is 0 Å². The van der Waals surface area contributed by atoms with E-state index in [1.807, 2.05) is 0 Å². The molecule has 4 unspecified atom stereocenters. The summed E-state index contributed by atoms with van der Waals surface area (Å²) in [5, 5.41) is 151. The number of ether oxygens (including phenoxy) is 2. The molecule has 26 nitrogen and oxygen atoms in total. The highest BCUT2D eigenvalue weighted by molar-refractivity contribution is 7.47. The van der Waals surface area contributed by atoms with E-state index in [9.17, 15) is 95.2 Å². The van der Waals surface area contributed by atoms with E-state index in [2.05, 4.69) is 19.2 Å². The summed E-state index contributed by atoms with van der Waals surface area (Å²) in [4.78, 5) is 35.0. The fourth-order valence-corrected chi connectivity index (χ4v) is 13.6. The molecule has 88 heavy (non-hydrogen) atoms. The lowest BCUT2D eigenvalue weighted by molar-refractivity contribution is -0.337. The first-order valence-electron chi connectivity index (χ1n) is 33.3. The summed E-state index contributed by atoms with van der Waals surface area (Å²) in [5.41, 5.74) is 0.